The molecule has 1 fully saturated rings. The SMILES string of the molecule is CNC1CCCNC1.O=Cc1ccn2c1C(=O)N(c1ccc(C(F)(F)F)cc1)CC2. The molecule has 2 aliphatic heterocycles. The van der Waals surface area contributed by atoms with Crippen molar-refractivity contribution in [2.75, 3.05) is 31.6 Å². The Balaban J connectivity index is 0.000000269. The second-order valence-corrected chi connectivity index (χ2v) is 7.26. The lowest BCUT2D eigenvalue weighted by atomic mass is 10.1. The third-order valence-corrected chi connectivity index (χ3v) is 5.35. The first-order chi connectivity index (χ1) is 14.3. The summed E-state index contributed by atoms with van der Waals surface area (Å²) in [7, 11) is 2.03. The number of nitrogens with zero attached hydrogens (tertiary/aromatic N) is 2. The molecule has 162 valence electrons. The van der Waals surface area contributed by atoms with E-state index in [1.807, 2.05) is 7.05 Å². The molecule has 0 spiro atoms. The van der Waals surface area contributed by atoms with Gasteiger partial charge in [0.2, 0.25) is 0 Å². The number of carbonyl (C=O) groups is 2. The number of halogens is 3. The monoisotopic (exact) mass is 422 g/mol. The van der Waals surface area contributed by atoms with Crippen LogP contribution in [0, 0.1) is 0 Å². The molecule has 1 unspecified atom stereocenters. The number of hydrogen-bond donors (Lipinski definition) is 2. The molecule has 4 rings (SSSR count). The van der Waals surface area contributed by atoms with E-state index in [2.05, 4.69) is 10.6 Å². The first-order valence-corrected chi connectivity index (χ1v) is 9.86. The van der Waals surface area contributed by atoms with Crippen molar-refractivity contribution in [2.45, 2.75) is 31.6 Å². The van der Waals surface area contributed by atoms with E-state index >= 15 is 0 Å². The molecule has 1 aromatic heterocycles. The number of nitrogens with one attached hydrogen (secondary N) is 2. The number of likely N-dealkylation sites (N-methyl/N-ethyl adjacent to an activating group) is 1. The van der Waals surface area contributed by atoms with E-state index in [4.69, 9.17) is 0 Å². The minimum absolute atomic E-state index is 0.265. The lowest BCUT2D eigenvalue weighted by molar-refractivity contribution is -0.137. The van der Waals surface area contributed by atoms with Crippen molar-refractivity contribution in [1.29, 1.82) is 0 Å². The molecule has 1 saturated heterocycles. The number of piperidine rings is 1. The molecule has 0 radical (unpaired) electrons. The van der Waals surface area contributed by atoms with Gasteiger partial charge >= 0.3 is 6.18 Å². The molecule has 3 heterocycles. The average Bonchev–Trinajstić information content (AvgIpc) is 3.19. The van der Waals surface area contributed by atoms with Crippen molar-refractivity contribution < 1.29 is 22.8 Å². The largest absolute Gasteiger partial charge is 0.416 e. The van der Waals surface area contributed by atoms with Crippen molar-refractivity contribution >= 4 is 17.9 Å². The van der Waals surface area contributed by atoms with Crippen LogP contribution in [0.4, 0.5) is 18.9 Å². The summed E-state index contributed by atoms with van der Waals surface area (Å²) in [4.78, 5) is 24.8. The third kappa shape index (κ3) is 4.91. The molecule has 6 nitrogen and oxygen atoms in total. The van der Waals surface area contributed by atoms with Crippen molar-refractivity contribution in [1.82, 2.24) is 15.2 Å². The van der Waals surface area contributed by atoms with Gasteiger partial charge in [-0.2, -0.15) is 13.2 Å². The molecule has 2 aliphatic rings. The highest BCUT2D eigenvalue weighted by atomic mass is 19.4. The van der Waals surface area contributed by atoms with Crippen LogP contribution in [0.5, 0.6) is 0 Å². The van der Waals surface area contributed by atoms with Gasteiger partial charge in [0.15, 0.2) is 6.29 Å². The topological polar surface area (TPSA) is 66.4 Å². The Morgan fingerprint density at radius 2 is 1.90 bits per heavy atom. The Morgan fingerprint density at radius 1 is 1.17 bits per heavy atom. The number of hydrogen-bond acceptors (Lipinski definition) is 4. The highest BCUT2D eigenvalue weighted by Crippen LogP contribution is 2.31. The number of anilines is 1. The number of rotatable bonds is 3. The van der Waals surface area contributed by atoms with Gasteiger partial charge in [-0.05, 0) is 56.8 Å². The summed E-state index contributed by atoms with van der Waals surface area (Å²) in [6.07, 6.45) is 0.500. The molecule has 0 aliphatic carbocycles. The maximum Gasteiger partial charge on any atom is 0.416 e. The number of amides is 1. The van der Waals surface area contributed by atoms with Gasteiger partial charge in [0, 0.05) is 43.1 Å². The minimum atomic E-state index is -4.41. The van der Waals surface area contributed by atoms with Gasteiger partial charge in [0.1, 0.15) is 5.69 Å². The van der Waals surface area contributed by atoms with Crippen LogP contribution in [-0.4, -0.2) is 49.5 Å². The Morgan fingerprint density at radius 3 is 2.43 bits per heavy atom. The average molecular weight is 422 g/mol. The van der Waals surface area contributed by atoms with Crippen LogP contribution in [-0.2, 0) is 12.7 Å². The smallest absolute Gasteiger partial charge is 0.341 e. The molecule has 2 N–H and O–H groups in total. The minimum Gasteiger partial charge on any atom is -0.341 e. The van der Waals surface area contributed by atoms with E-state index in [0.717, 1.165) is 24.7 Å². The van der Waals surface area contributed by atoms with Crippen molar-refractivity contribution in [2.24, 2.45) is 0 Å². The number of aldehydes is 1. The fraction of sp³-hybridized carbons (Fsp3) is 0.429. The fourth-order valence-corrected chi connectivity index (χ4v) is 3.63. The summed E-state index contributed by atoms with van der Waals surface area (Å²) >= 11 is 0. The summed E-state index contributed by atoms with van der Waals surface area (Å²) in [5.41, 5.74) is 0.155. The molecule has 1 aromatic carbocycles. The van der Waals surface area contributed by atoms with Gasteiger partial charge in [-0.3, -0.25) is 9.59 Å². The van der Waals surface area contributed by atoms with Gasteiger partial charge in [-0.25, -0.2) is 0 Å². The molecule has 0 bridgehead atoms. The summed E-state index contributed by atoms with van der Waals surface area (Å²) in [5.74, 6) is -0.391. The van der Waals surface area contributed by atoms with Crippen molar-refractivity contribution in [3.8, 4) is 0 Å². The zero-order valence-electron chi connectivity index (χ0n) is 16.7. The number of benzene rings is 1. The van der Waals surface area contributed by atoms with Crippen molar-refractivity contribution in [3.05, 3.63) is 53.3 Å². The van der Waals surface area contributed by atoms with E-state index in [1.54, 1.807) is 16.8 Å². The number of aromatic nitrogens is 1. The van der Waals surface area contributed by atoms with E-state index in [-0.39, 0.29) is 11.3 Å². The van der Waals surface area contributed by atoms with Crippen LogP contribution in [0.25, 0.3) is 0 Å². The van der Waals surface area contributed by atoms with Crippen LogP contribution in [0.15, 0.2) is 36.5 Å². The zero-order valence-corrected chi connectivity index (χ0v) is 16.7. The summed E-state index contributed by atoms with van der Waals surface area (Å²) in [5, 5.41) is 6.56. The number of alkyl halides is 3. The molecule has 1 amide bonds. The maximum absolute atomic E-state index is 12.6. The first-order valence-electron chi connectivity index (χ1n) is 9.86. The summed E-state index contributed by atoms with van der Waals surface area (Å²) < 4.78 is 39.4. The third-order valence-electron chi connectivity index (χ3n) is 5.35. The Labute approximate surface area is 173 Å². The van der Waals surface area contributed by atoms with Crippen molar-refractivity contribution in [3.63, 3.8) is 0 Å². The predicted molar refractivity (Wildman–Crippen MR) is 108 cm³/mol. The van der Waals surface area contributed by atoms with Crippen LogP contribution >= 0.6 is 0 Å². The molecule has 0 saturated carbocycles. The highest BCUT2D eigenvalue weighted by molar-refractivity contribution is 6.09. The standard InChI is InChI=1S/C15H11F3N2O2.C6H14N2/c16-15(17,18)11-1-3-12(4-2-11)20-8-7-19-6-5-10(9-21)13(19)14(20)22;1-7-6-3-2-4-8-5-6/h1-6,9H,7-8H2;6-8H,2-5H2,1H3. The molecule has 9 heteroatoms. The van der Waals surface area contributed by atoms with Gasteiger partial charge in [0.25, 0.3) is 5.91 Å². The lowest BCUT2D eigenvalue weighted by Crippen LogP contribution is -2.41. The Hall–Kier alpha value is -2.65. The van der Waals surface area contributed by atoms with Crippen LogP contribution in [0.3, 0.4) is 0 Å². The molecule has 30 heavy (non-hydrogen) atoms. The number of fused-ring (bicyclic) bond motifs is 1. The Kier molecular flexibility index (Phi) is 6.94. The van der Waals surface area contributed by atoms with Crippen LogP contribution in [0.2, 0.25) is 0 Å². The van der Waals surface area contributed by atoms with Gasteiger partial charge in [0.05, 0.1) is 5.56 Å². The summed E-state index contributed by atoms with van der Waals surface area (Å²) in [6.45, 7) is 3.18. The second-order valence-electron chi connectivity index (χ2n) is 7.26. The van der Waals surface area contributed by atoms with E-state index < -0.39 is 17.6 Å². The zero-order chi connectivity index (χ0) is 21.7. The maximum atomic E-state index is 12.6. The summed E-state index contributed by atoms with van der Waals surface area (Å²) in [6, 6.07) is 6.69. The Bertz CT molecular complexity index is 871. The molecular formula is C21H25F3N4O2. The van der Waals surface area contributed by atoms with E-state index in [9.17, 15) is 22.8 Å². The second kappa shape index (κ2) is 9.44. The van der Waals surface area contributed by atoms with Gasteiger partial charge in [-0.1, -0.05) is 0 Å². The van der Waals surface area contributed by atoms with Crippen LogP contribution in [0.1, 0.15) is 39.3 Å². The van der Waals surface area contributed by atoms with Gasteiger partial charge in [-0.15, -0.1) is 0 Å². The van der Waals surface area contributed by atoms with Crippen LogP contribution < -0.4 is 15.5 Å². The lowest BCUT2D eigenvalue weighted by Gasteiger charge is -2.29. The van der Waals surface area contributed by atoms with Gasteiger partial charge < -0.3 is 20.1 Å². The molecule has 2 aromatic rings. The van der Waals surface area contributed by atoms with E-state index in [0.29, 0.717) is 25.1 Å². The first kappa shape index (κ1) is 22.0. The highest BCUT2D eigenvalue weighted by Gasteiger charge is 2.32. The van der Waals surface area contributed by atoms with E-state index in [1.165, 1.54) is 36.4 Å². The predicted octanol–water partition coefficient (Wildman–Crippen LogP) is 2.94. The number of carbonyl (C=O) groups excluding carboxylic acids is 2. The normalized spacial score (nSPS) is 19.0. The quantitative estimate of drug-likeness (QED) is 0.747. The molecule has 1 atom stereocenters. The molecular weight excluding hydrogens is 397 g/mol. The fourth-order valence-electron chi connectivity index (χ4n) is 3.63.